The molecular weight excluding hydrogens is 294 g/mol. The maximum absolute atomic E-state index is 5.35. The minimum absolute atomic E-state index is 0.267. The summed E-state index contributed by atoms with van der Waals surface area (Å²) in [6.45, 7) is 2.04. The van der Waals surface area contributed by atoms with Gasteiger partial charge < -0.3 is 9.47 Å². The van der Waals surface area contributed by atoms with Crippen molar-refractivity contribution in [1.82, 2.24) is 24.6 Å². The zero-order chi connectivity index (χ0) is 16.0. The van der Waals surface area contributed by atoms with Gasteiger partial charge in [0.2, 0.25) is 5.88 Å². The molecule has 0 bridgehead atoms. The van der Waals surface area contributed by atoms with Gasteiger partial charge in [-0.1, -0.05) is 0 Å². The zero-order valence-corrected chi connectivity index (χ0v) is 13.3. The standard InChI is InChI=1S/C16H17N5O2/c1-9-14(10-4-5-10)21-13(18-9)7-6-12(20-21)11-8-17-16(23-3)19-15(11)22-2/h6-8,10H,4-5H2,1-3H3. The fraction of sp³-hybridized carbons (Fsp3) is 0.375. The van der Waals surface area contributed by atoms with Gasteiger partial charge in [0.1, 0.15) is 0 Å². The first kappa shape index (κ1) is 13.9. The van der Waals surface area contributed by atoms with Crippen LogP contribution >= 0.6 is 0 Å². The molecule has 3 aromatic heterocycles. The van der Waals surface area contributed by atoms with Crippen LogP contribution in [0.2, 0.25) is 0 Å². The molecule has 4 rings (SSSR count). The van der Waals surface area contributed by atoms with Crippen molar-refractivity contribution >= 4 is 5.65 Å². The minimum atomic E-state index is 0.267. The highest BCUT2D eigenvalue weighted by Crippen LogP contribution is 2.41. The van der Waals surface area contributed by atoms with Gasteiger partial charge in [-0.3, -0.25) is 0 Å². The predicted octanol–water partition coefficient (Wildman–Crippen LogP) is 2.39. The van der Waals surface area contributed by atoms with E-state index in [-0.39, 0.29) is 6.01 Å². The van der Waals surface area contributed by atoms with Crippen molar-refractivity contribution in [3.05, 3.63) is 29.7 Å². The molecule has 3 heterocycles. The molecule has 0 amide bonds. The summed E-state index contributed by atoms with van der Waals surface area (Å²) >= 11 is 0. The Kier molecular flexibility index (Phi) is 3.14. The molecule has 0 aliphatic heterocycles. The van der Waals surface area contributed by atoms with E-state index in [4.69, 9.17) is 14.6 Å². The first-order chi connectivity index (χ1) is 11.2. The molecule has 0 aromatic carbocycles. The SMILES string of the molecule is COc1ncc(-c2ccc3nc(C)c(C4CC4)n3n2)c(OC)n1. The summed E-state index contributed by atoms with van der Waals surface area (Å²) in [5.74, 6) is 1.01. The zero-order valence-electron chi connectivity index (χ0n) is 13.3. The second-order valence-corrected chi connectivity index (χ2v) is 5.62. The number of ether oxygens (including phenoxy) is 2. The van der Waals surface area contributed by atoms with E-state index in [0.29, 0.717) is 11.8 Å². The molecule has 1 aliphatic carbocycles. The van der Waals surface area contributed by atoms with Crippen molar-refractivity contribution in [3.63, 3.8) is 0 Å². The van der Waals surface area contributed by atoms with Crippen LogP contribution in [0.25, 0.3) is 16.9 Å². The van der Waals surface area contributed by atoms with Crippen LogP contribution in [0.5, 0.6) is 11.9 Å². The van der Waals surface area contributed by atoms with Crippen molar-refractivity contribution in [3.8, 4) is 23.1 Å². The average Bonchev–Trinajstić information content (AvgIpc) is 3.35. The van der Waals surface area contributed by atoms with E-state index >= 15 is 0 Å². The van der Waals surface area contributed by atoms with E-state index in [1.54, 1.807) is 13.3 Å². The lowest BCUT2D eigenvalue weighted by Crippen LogP contribution is -2.02. The summed E-state index contributed by atoms with van der Waals surface area (Å²) in [4.78, 5) is 13.0. The highest BCUT2D eigenvalue weighted by atomic mass is 16.5. The monoisotopic (exact) mass is 311 g/mol. The summed E-state index contributed by atoms with van der Waals surface area (Å²) in [6, 6.07) is 4.14. The first-order valence-electron chi connectivity index (χ1n) is 7.53. The topological polar surface area (TPSA) is 74.4 Å². The minimum Gasteiger partial charge on any atom is -0.480 e. The Morgan fingerprint density at radius 3 is 2.65 bits per heavy atom. The fourth-order valence-electron chi connectivity index (χ4n) is 2.81. The summed E-state index contributed by atoms with van der Waals surface area (Å²) in [7, 11) is 3.09. The van der Waals surface area contributed by atoms with Gasteiger partial charge in [0.15, 0.2) is 5.65 Å². The molecule has 1 saturated carbocycles. The third-order valence-electron chi connectivity index (χ3n) is 4.04. The lowest BCUT2D eigenvalue weighted by molar-refractivity contribution is 0.353. The number of fused-ring (bicyclic) bond motifs is 1. The van der Waals surface area contributed by atoms with Crippen LogP contribution in [0.1, 0.15) is 30.1 Å². The molecule has 3 aromatic rings. The third-order valence-corrected chi connectivity index (χ3v) is 4.04. The van der Waals surface area contributed by atoms with Crippen LogP contribution in [0.4, 0.5) is 0 Å². The van der Waals surface area contributed by atoms with E-state index in [1.807, 2.05) is 23.6 Å². The van der Waals surface area contributed by atoms with E-state index in [2.05, 4.69) is 15.0 Å². The number of rotatable bonds is 4. The van der Waals surface area contributed by atoms with Crippen LogP contribution in [0, 0.1) is 6.92 Å². The lowest BCUT2D eigenvalue weighted by Gasteiger charge is -2.08. The Morgan fingerprint density at radius 2 is 1.96 bits per heavy atom. The highest BCUT2D eigenvalue weighted by molar-refractivity contribution is 5.65. The van der Waals surface area contributed by atoms with Crippen molar-refractivity contribution in [1.29, 1.82) is 0 Å². The number of methoxy groups -OCH3 is 2. The average molecular weight is 311 g/mol. The molecular formula is C16H17N5O2. The van der Waals surface area contributed by atoms with Gasteiger partial charge in [-0.05, 0) is 31.9 Å². The molecule has 7 heteroatoms. The normalized spacial score (nSPS) is 14.2. The van der Waals surface area contributed by atoms with Crippen molar-refractivity contribution < 1.29 is 9.47 Å². The maximum atomic E-state index is 5.35. The molecule has 7 nitrogen and oxygen atoms in total. The lowest BCUT2D eigenvalue weighted by atomic mass is 10.2. The van der Waals surface area contributed by atoms with Gasteiger partial charge in [0.25, 0.3) is 0 Å². The summed E-state index contributed by atoms with van der Waals surface area (Å²) in [5.41, 5.74) is 4.59. The Labute approximate surface area is 133 Å². The van der Waals surface area contributed by atoms with Crippen LogP contribution in [0.15, 0.2) is 18.3 Å². The van der Waals surface area contributed by atoms with Gasteiger partial charge in [0.05, 0.1) is 36.9 Å². The number of imidazole rings is 1. The Balaban J connectivity index is 1.87. The second-order valence-electron chi connectivity index (χ2n) is 5.62. The van der Waals surface area contributed by atoms with Crippen LogP contribution in [-0.2, 0) is 0 Å². The second kappa shape index (κ2) is 5.19. The molecule has 0 spiro atoms. The summed E-state index contributed by atoms with van der Waals surface area (Å²) < 4.78 is 12.3. The van der Waals surface area contributed by atoms with E-state index in [1.165, 1.54) is 25.6 Å². The Hall–Kier alpha value is -2.70. The molecule has 1 aliphatic rings. The summed E-state index contributed by atoms with van der Waals surface area (Å²) in [5, 5.41) is 4.74. The predicted molar refractivity (Wildman–Crippen MR) is 83.8 cm³/mol. The molecule has 0 radical (unpaired) electrons. The van der Waals surface area contributed by atoms with Gasteiger partial charge in [0, 0.05) is 12.1 Å². The largest absolute Gasteiger partial charge is 0.480 e. The molecule has 0 unspecified atom stereocenters. The van der Waals surface area contributed by atoms with Crippen LogP contribution in [-0.4, -0.2) is 38.8 Å². The molecule has 118 valence electrons. The van der Waals surface area contributed by atoms with Crippen molar-refractivity contribution in [2.75, 3.05) is 14.2 Å². The number of nitrogens with zero attached hydrogens (tertiary/aromatic N) is 5. The quantitative estimate of drug-likeness (QED) is 0.736. The van der Waals surface area contributed by atoms with E-state index in [0.717, 1.165) is 22.6 Å². The Bertz CT molecular complexity index is 886. The highest BCUT2D eigenvalue weighted by Gasteiger charge is 2.30. The Morgan fingerprint density at radius 1 is 1.13 bits per heavy atom. The number of aromatic nitrogens is 5. The van der Waals surface area contributed by atoms with Gasteiger partial charge in [-0.15, -0.1) is 0 Å². The van der Waals surface area contributed by atoms with Crippen LogP contribution in [0.3, 0.4) is 0 Å². The maximum Gasteiger partial charge on any atom is 0.319 e. The molecule has 0 N–H and O–H groups in total. The number of aryl methyl sites for hydroxylation is 1. The third kappa shape index (κ3) is 2.28. The molecule has 23 heavy (non-hydrogen) atoms. The van der Waals surface area contributed by atoms with Crippen molar-refractivity contribution in [2.24, 2.45) is 0 Å². The number of hydrogen-bond donors (Lipinski definition) is 0. The molecule has 1 fully saturated rings. The number of hydrogen-bond acceptors (Lipinski definition) is 6. The molecule has 0 atom stereocenters. The van der Waals surface area contributed by atoms with Gasteiger partial charge in [-0.2, -0.15) is 10.1 Å². The fourth-order valence-corrected chi connectivity index (χ4v) is 2.81. The smallest absolute Gasteiger partial charge is 0.319 e. The first-order valence-corrected chi connectivity index (χ1v) is 7.53. The van der Waals surface area contributed by atoms with Crippen molar-refractivity contribution in [2.45, 2.75) is 25.7 Å². The van der Waals surface area contributed by atoms with Gasteiger partial charge >= 0.3 is 6.01 Å². The van der Waals surface area contributed by atoms with E-state index < -0.39 is 0 Å². The summed E-state index contributed by atoms with van der Waals surface area (Å²) in [6.07, 6.45) is 4.07. The molecule has 0 saturated heterocycles. The van der Waals surface area contributed by atoms with Gasteiger partial charge in [-0.25, -0.2) is 14.5 Å². The van der Waals surface area contributed by atoms with E-state index in [9.17, 15) is 0 Å². The van der Waals surface area contributed by atoms with Crippen LogP contribution < -0.4 is 9.47 Å².